The first-order chi connectivity index (χ1) is 13.0. The first kappa shape index (κ1) is 17.4. The molecule has 3 aromatic rings. The van der Waals surface area contributed by atoms with Crippen molar-refractivity contribution >= 4 is 15.7 Å². The van der Waals surface area contributed by atoms with Crippen molar-refractivity contribution in [3.05, 3.63) is 106 Å². The molecule has 1 aliphatic heterocycles. The molecule has 0 unspecified atom stereocenters. The number of sulfonamides is 1. The molecule has 7 heteroatoms. The molecule has 0 amide bonds. The van der Waals surface area contributed by atoms with Gasteiger partial charge in [-0.25, -0.2) is 8.42 Å². The van der Waals surface area contributed by atoms with Gasteiger partial charge >= 0.3 is 0 Å². The van der Waals surface area contributed by atoms with Gasteiger partial charge in [0.15, 0.2) is 0 Å². The molecule has 1 saturated heterocycles. The van der Waals surface area contributed by atoms with Gasteiger partial charge in [-0.15, -0.1) is 0 Å². The minimum atomic E-state index is -3.79. The summed E-state index contributed by atoms with van der Waals surface area (Å²) in [4.78, 5) is 10.3. The lowest BCUT2D eigenvalue weighted by Gasteiger charge is -2.07. The van der Waals surface area contributed by atoms with Crippen molar-refractivity contribution in [3.8, 4) is 0 Å². The summed E-state index contributed by atoms with van der Waals surface area (Å²) in [7, 11) is -3.79. The fourth-order valence-electron chi connectivity index (χ4n) is 3.33. The van der Waals surface area contributed by atoms with Gasteiger partial charge in [0.05, 0.1) is 21.9 Å². The maximum atomic E-state index is 13.2. The van der Waals surface area contributed by atoms with Gasteiger partial charge < -0.3 is 0 Å². The minimum Gasteiger partial charge on any atom is -0.258 e. The van der Waals surface area contributed by atoms with Crippen LogP contribution in [0.4, 0.5) is 5.69 Å². The van der Waals surface area contributed by atoms with E-state index >= 15 is 0 Å². The van der Waals surface area contributed by atoms with E-state index in [0.717, 1.165) is 11.1 Å². The van der Waals surface area contributed by atoms with Crippen LogP contribution < -0.4 is 0 Å². The van der Waals surface area contributed by atoms with Crippen LogP contribution in [-0.2, 0) is 10.0 Å². The third-order valence-corrected chi connectivity index (χ3v) is 6.54. The van der Waals surface area contributed by atoms with Crippen molar-refractivity contribution in [1.29, 1.82) is 0 Å². The van der Waals surface area contributed by atoms with Crippen LogP contribution in [0.5, 0.6) is 0 Å². The van der Waals surface area contributed by atoms with Gasteiger partial charge in [-0.05, 0) is 23.3 Å². The number of hydrogen-bond donors (Lipinski definition) is 0. The molecule has 1 fully saturated rings. The Labute approximate surface area is 156 Å². The fraction of sp³-hybridized carbons (Fsp3) is 0.100. The predicted octanol–water partition coefficient (Wildman–Crippen LogP) is 4.08. The number of nitrogens with zero attached hydrogens (tertiary/aromatic N) is 2. The molecule has 136 valence electrons. The van der Waals surface area contributed by atoms with E-state index in [1.54, 1.807) is 0 Å². The second-order valence-corrected chi connectivity index (χ2v) is 8.14. The Morgan fingerprint density at radius 3 is 1.59 bits per heavy atom. The van der Waals surface area contributed by atoms with Crippen molar-refractivity contribution < 1.29 is 13.3 Å². The van der Waals surface area contributed by atoms with Crippen molar-refractivity contribution in [2.24, 2.45) is 0 Å². The number of nitro benzene ring substituents is 1. The van der Waals surface area contributed by atoms with E-state index in [0.29, 0.717) is 0 Å². The van der Waals surface area contributed by atoms with Crippen molar-refractivity contribution in [1.82, 2.24) is 4.31 Å². The van der Waals surface area contributed by atoms with Crippen LogP contribution in [0.15, 0.2) is 89.8 Å². The van der Waals surface area contributed by atoms with Gasteiger partial charge in [0, 0.05) is 12.1 Å². The molecule has 2 atom stereocenters. The first-order valence-corrected chi connectivity index (χ1v) is 9.82. The lowest BCUT2D eigenvalue weighted by atomic mass is 10.0. The standard InChI is InChI=1S/C20H16N2O4S/c23-22(24)17-11-13-18(14-12-17)27(25,26)21-19(15-7-3-1-4-8-15)20(21)16-9-5-2-6-10-16/h1-14,19-20H/t19-,20-/m1/s1. The molecule has 3 aromatic carbocycles. The molecule has 0 N–H and O–H groups in total. The zero-order chi connectivity index (χ0) is 19.0. The zero-order valence-corrected chi connectivity index (χ0v) is 15.0. The molecule has 0 aromatic heterocycles. The Hall–Kier alpha value is -3.03. The molecule has 0 spiro atoms. The van der Waals surface area contributed by atoms with Crippen LogP contribution in [0.3, 0.4) is 0 Å². The largest absolute Gasteiger partial charge is 0.269 e. The average Bonchev–Trinajstić information content (AvgIpc) is 3.46. The van der Waals surface area contributed by atoms with E-state index in [9.17, 15) is 18.5 Å². The summed E-state index contributed by atoms with van der Waals surface area (Å²) in [5.41, 5.74) is 1.69. The van der Waals surface area contributed by atoms with Gasteiger partial charge in [0.25, 0.3) is 5.69 Å². The summed E-state index contributed by atoms with van der Waals surface area (Å²) >= 11 is 0. The van der Waals surface area contributed by atoms with Gasteiger partial charge in [-0.2, -0.15) is 4.31 Å². The lowest BCUT2D eigenvalue weighted by Crippen LogP contribution is -2.13. The molecular weight excluding hydrogens is 364 g/mol. The van der Waals surface area contributed by atoms with E-state index in [2.05, 4.69) is 0 Å². The van der Waals surface area contributed by atoms with Crippen LogP contribution >= 0.6 is 0 Å². The van der Waals surface area contributed by atoms with E-state index in [-0.39, 0.29) is 22.7 Å². The number of rotatable bonds is 5. The Morgan fingerprint density at radius 1 is 0.741 bits per heavy atom. The summed E-state index contributed by atoms with van der Waals surface area (Å²) in [5.74, 6) is 0. The topological polar surface area (TPSA) is 80.3 Å². The van der Waals surface area contributed by atoms with Crippen molar-refractivity contribution in [2.75, 3.05) is 0 Å². The maximum Gasteiger partial charge on any atom is 0.269 e. The zero-order valence-electron chi connectivity index (χ0n) is 14.2. The second-order valence-electron chi connectivity index (χ2n) is 6.30. The third-order valence-electron chi connectivity index (χ3n) is 4.66. The molecule has 27 heavy (non-hydrogen) atoms. The normalized spacial score (nSPS) is 21.6. The van der Waals surface area contributed by atoms with E-state index in [1.165, 1.54) is 28.6 Å². The highest BCUT2D eigenvalue weighted by Crippen LogP contribution is 2.57. The highest BCUT2D eigenvalue weighted by atomic mass is 32.2. The first-order valence-electron chi connectivity index (χ1n) is 8.38. The summed E-state index contributed by atoms with van der Waals surface area (Å²) in [6, 6.07) is 23.3. The highest BCUT2D eigenvalue weighted by Gasteiger charge is 2.56. The Kier molecular flexibility index (Phi) is 4.25. The monoisotopic (exact) mass is 380 g/mol. The van der Waals surface area contributed by atoms with Crippen LogP contribution in [0, 0.1) is 10.1 Å². The average molecular weight is 380 g/mol. The summed E-state index contributed by atoms with van der Waals surface area (Å²) < 4.78 is 27.9. The Bertz CT molecular complexity index is 1020. The predicted molar refractivity (Wildman–Crippen MR) is 100 cm³/mol. The summed E-state index contributed by atoms with van der Waals surface area (Å²) in [6.07, 6.45) is 0. The minimum absolute atomic E-state index is 0.0486. The molecule has 0 saturated carbocycles. The molecule has 4 rings (SSSR count). The van der Waals surface area contributed by atoms with E-state index in [4.69, 9.17) is 0 Å². The smallest absolute Gasteiger partial charge is 0.258 e. The van der Waals surface area contributed by atoms with Gasteiger partial charge in [0.1, 0.15) is 0 Å². The number of non-ortho nitro benzene ring substituents is 1. The van der Waals surface area contributed by atoms with Crippen LogP contribution in [-0.4, -0.2) is 17.6 Å². The molecular formula is C20H16N2O4S. The molecule has 1 heterocycles. The van der Waals surface area contributed by atoms with Gasteiger partial charge in [0.2, 0.25) is 10.0 Å². The van der Waals surface area contributed by atoms with Crippen LogP contribution in [0.25, 0.3) is 0 Å². The molecule has 0 aliphatic carbocycles. The quantitative estimate of drug-likeness (QED) is 0.379. The molecule has 0 radical (unpaired) electrons. The highest BCUT2D eigenvalue weighted by molar-refractivity contribution is 7.89. The number of benzene rings is 3. The molecule has 6 nitrogen and oxygen atoms in total. The van der Waals surface area contributed by atoms with E-state index < -0.39 is 14.9 Å². The van der Waals surface area contributed by atoms with Crippen LogP contribution in [0.1, 0.15) is 23.2 Å². The van der Waals surface area contributed by atoms with Crippen molar-refractivity contribution in [2.45, 2.75) is 17.0 Å². The lowest BCUT2D eigenvalue weighted by molar-refractivity contribution is -0.384. The molecule has 1 aliphatic rings. The Balaban J connectivity index is 1.74. The van der Waals surface area contributed by atoms with Crippen molar-refractivity contribution in [3.63, 3.8) is 0 Å². The molecule has 0 bridgehead atoms. The SMILES string of the molecule is O=[N+]([O-])c1ccc(S(=O)(=O)N2[C@H](c3ccccc3)[C@H]2c2ccccc2)cc1. The third kappa shape index (κ3) is 3.11. The number of nitro groups is 1. The van der Waals surface area contributed by atoms with Gasteiger partial charge in [-0.1, -0.05) is 60.7 Å². The summed E-state index contributed by atoms with van der Waals surface area (Å²) in [5, 5.41) is 10.8. The van der Waals surface area contributed by atoms with Gasteiger partial charge in [-0.3, -0.25) is 10.1 Å². The fourth-order valence-corrected chi connectivity index (χ4v) is 5.07. The Morgan fingerprint density at radius 2 is 1.19 bits per heavy atom. The summed E-state index contributed by atoms with van der Waals surface area (Å²) in [6.45, 7) is 0. The second kappa shape index (κ2) is 6.61. The van der Waals surface area contributed by atoms with E-state index in [1.807, 2.05) is 60.7 Å². The maximum absolute atomic E-state index is 13.2. The number of hydrogen-bond acceptors (Lipinski definition) is 4. The van der Waals surface area contributed by atoms with Crippen LogP contribution in [0.2, 0.25) is 0 Å².